The number of hydrogen-bond acceptors (Lipinski definition) is 1. The van der Waals surface area contributed by atoms with Crippen LogP contribution in [-0.2, 0) is 11.3 Å². The molecule has 0 spiro atoms. The maximum absolute atomic E-state index is 13.0. The number of quaternary nitrogens is 1. The minimum absolute atomic E-state index is 0.0543. The Balaban J connectivity index is 1.76. The lowest BCUT2D eigenvalue weighted by atomic mass is 9.76. The Bertz CT molecular complexity index is 719. The molecule has 1 atom stereocenters. The molecule has 3 heteroatoms. The summed E-state index contributed by atoms with van der Waals surface area (Å²) in [4.78, 5) is 13.0. The highest BCUT2D eigenvalue weighted by molar-refractivity contribution is 6.30. The first-order chi connectivity index (χ1) is 11.2. The van der Waals surface area contributed by atoms with Crippen LogP contribution in [-0.4, -0.2) is 23.4 Å². The number of piperidine rings is 3. The zero-order valence-corrected chi connectivity index (χ0v) is 13.9. The lowest BCUT2D eigenvalue weighted by molar-refractivity contribution is -0.970. The highest BCUT2D eigenvalue weighted by Crippen LogP contribution is 2.45. The smallest absolute Gasteiger partial charge is 0.198 e. The van der Waals surface area contributed by atoms with Gasteiger partial charge in [0, 0.05) is 34.9 Å². The first-order valence-electron chi connectivity index (χ1n) is 8.37. The first-order valence-corrected chi connectivity index (χ1v) is 8.75. The Morgan fingerprint density at radius 1 is 1.00 bits per heavy atom. The van der Waals surface area contributed by atoms with Gasteiger partial charge >= 0.3 is 0 Å². The molecule has 0 saturated carbocycles. The van der Waals surface area contributed by atoms with Crippen molar-refractivity contribution < 1.29 is 9.28 Å². The van der Waals surface area contributed by atoms with E-state index in [0.29, 0.717) is 5.78 Å². The number of benzene rings is 2. The molecule has 0 amide bonds. The Hall–Kier alpha value is -1.64. The minimum Gasteiger partial charge on any atom is -0.307 e. The molecule has 3 heterocycles. The molecular weight excluding hydrogens is 306 g/mol. The van der Waals surface area contributed by atoms with E-state index >= 15 is 0 Å². The molecule has 2 bridgehead atoms. The molecule has 118 valence electrons. The zero-order valence-electron chi connectivity index (χ0n) is 13.1. The Morgan fingerprint density at radius 2 is 1.74 bits per heavy atom. The van der Waals surface area contributed by atoms with Crippen LogP contribution in [0.2, 0.25) is 5.02 Å². The summed E-state index contributed by atoms with van der Waals surface area (Å²) in [5.41, 5.74) is 2.40. The molecule has 3 aliphatic heterocycles. The number of hydrogen-bond donors (Lipinski definition) is 0. The topological polar surface area (TPSA) is 17.1 Å². The summed E-state index contributed by atoms with van der Waals surface area (Å²) in [6.45, 7) is 3.10. The van der Waals surface area contributed by atoms with Gasteiger partial charge in [0.05, 0.1) is 13.1 Å². The van der Waals surface area contributed by atoms with Crippen LogP contribution < -0.4 is 0 Å². The number of carbonyl (C=O) groups is 1. The van der Waals surface area contributed by atoms with Gasteiger partial charge in [-0.25, -0.2) is 0 Å². The SMILES string of the molecule is O=C1C2CC[N+](Cc3ccccc3)(CC2)C1c1cccc(Cl)c1. The number of rotatable bonds is 3. The van der Waals surface area contributed by atoms with Crippen molar-refractivity contribution in [1.29, 1.82) is 0 Å². The first kappa shape index (κ1) is 14.9. The molecule has 0 radical (unpaired) electrons. The van der Waals surface area contributed by atoms with Crippen LogP contribution in [0.4, 0.5) is 0 Å². The predicted molar refractivity (Wildman–Crippen MR) is 92.1 cm³/mol. The van der Waals surface area contributed by atoms with Crippen LogP contribution in [0.3, 0.4) is 0 Å². The highest BCUT2D eigenvalue weighted by atomic mass is 35.5. The Morgan fingerprint density at radius 3 is 2.43 bits per heavy atom. The summed E-state index contributed by atoms with van der Waals surface area (Å²) in [5.74, 6) is 0.662. The standard InChI is InChI=1S/C20H21ClNO/c21-18-8-4-7-17(13-18)19-20(23)16-9-11-22(19,12-10-16)14-15-5-2-1-3-6-15/h1-8,13,16,19H,9-12,14H2/q+1. The monoisotopic (exact) mass is 326 g/mol. The summed E-state index contributed by atoms with van der Waals surface area (Å²) >= 11 is 6.20. The van der Waals surface area contributed by atoms with Crippen molar-refractivity contribution in [2.75, 3.05) is 13.1 Å². The van der Waals surface area contributed by atoms with E-state index in [4.69, 9.17) is 11.6 Å². The van der Waals surface area contributed by atoms with E-state index in [1.54, 1.807) is 0 Å². The molecule has 5 rings (SSSR count). The number of halogens is 1. The van der Waals surface area contributed by atoms with E-state index in [2.05, 4.69) is 30.3 Å². The summed E-state index contributed by atoms with van der Waals surface area (Å²) in [5, 5.41) is 0.718. The molecule has 0 aromatic heterocycles. The van der Waals surface area contributed by atoms with Gasteiger partial charge in [0.1, 0.15) is 6.54 Å². The summed E-state index contributed by atoms with van der Waals surface area (Å²) in [6.07, 6.45) is 2.06. The Kier molecular flexibility index (Phi) is 3.74. The number of carbonyl (C=O) groups excluding carboxylic acids is 1. The highest BCUT2D eigenvalue weighted by Gasteiger charge is 2.53. The van der Waals surface area contributed by atoms with Gasteiger partial charge in [-0.1, -0.05) is 54.1 Å². The van der Waals surface area contributed by atoms with Gasteiger partial charge in [0.25, 0.3) is 0 Å². The van der Waals surface area contributed by atoms with Crippen molar-refractivity contribution in [3.8, 4) is 0 Å². The Labute approximate surface area is 142 Å². The summed E-state index contributed by atoms with van der Waals surface area (Å²) in [6, 6.07) is 18.4. The van der Waals surface area contributed by atoms with Crippen molar-refractivity contribution in [3.05, 3.63) is 70.7 Å². The average Bonchev–Trinajstić information content (AvgIpc) is 2.56. The van der Waals surface area contributed by atoms with E-state index in [1.807, 2.05) is 24.3 Å². The molecular formula is C20H21ClNO+. The predicted octanol–water partition coefficient (Wildman–Crippen LogP) is 4.39. The van der Waals surface area contributed by atoms with Crippen LogP contribution >= 0.6 is 11.6 Å². The normalized spacial score (nSPS) is 29.7. The lowest BCUT2D eigenvalue weighted by Crippen LogP contribution is -2.63. The third-order valence-corrected chi connectivity index (χ3v) is 5.81. The number of ketones is 1. The molecule has 2 aromatic rings. The van der Waals surface area contributed by atoms with Gasteiger partial charge in [-0.15, -0.1) is 0 Å². The number of fused-ring (bicyclic) bond motifs is 3. The van der Waals surface area contributed by atoms with Crippen molar-refractivity contribution in [2.24, 2.45) is 5.92 Å². The van der Waals surface area contributed by atoms with Crippen LogP contribution in [0.1, 0.15) is 30.0 Å². The van der Waals surface area contributed by atoms with Gasteiger partial charge in [-0.3, -0.25) is 4.79 Å². The molecule has 0 aliphatic carbocycles. The fourth-order valence-corrected chi connectivity index (χ4v) is 4.67. The van der Waals surface area contributed by atoms with Crippen molar-refractivity contribution >= 4 is 17.4 Å². The van der Waals surface area contributed by atoms with Crippen LogP contribution in [0.15, 0.2) is 54.6 Å². The minimum atomic E-state index is -0.0543. The van der Waals surface area contributed by atoms with E-state index < -0.39 is 0 Å². The molecule has 2 aromatic carbocycles. The maximum Gasteiger partial charge on any atom is 0.198 e. The zero-order chi connectivity index (χ0) is 15.9. The van der Waals surface area contributed by atoms with Gasteiger partial charge in [0.15, 0.2) is 11.8 Å². The van der Waals surface area contributed by atoms with Gasteiger partial charge in [-0.05, 0) is 12.1 Å². The van der Waals surface area contributed by atoms with E-state index in [1.165, 1.54) is 5.56 Å². The van der Waals surface area contributed by atoms with Crippen LogP contribution in [0, 0.1) is 5.92 Å². The molecule has 0 N–H and O–H groups in total. The maximum atomic E-state index is 13.0. The molecule has 23 heavy (non-hydrogen) atoms. The molecule has 3 saturated heterocycles. The molecule has 3 aliphatic rings. The second-order valence-electron chi connectivity index (χ2n) is 6.94. The lowest BCUT2D eigenvalue weighted by Gasteiger charge is -2.53. The summed E-state index contributed by atoms with van der Waals surface area (Å²) < 4.78 is 0.861. The number of Topliss-reactive ketones (excluding diaryl/α,β-unsaturated/α-hetero) is 1. The molecule has 1 unspecified atom stereocenters. The second-order valence-corrected chi connectivity index (χ2v) is 7.38. The van der Waals surface area contributed by atoms with E-state index in [0.717, 1.165) is 47.5 Å². The summed E-state index contributed by atoms with van der Waals surface area (Å²) in [7, 11) is 0. The number of nitrogens with zero attached hydrogens (tertiary/aromatic N) is 1. The molecule has 3 fully saturated rings. The fraction of sp³-hybridized carbons (Fsp3) is 0.350. The fourth-order valence-electron chi connectivity index (χ4n) is 4.47. The van der Waals surface area contributed by atoms with Crippen LogP contribution in [0.25, 0.3) is 0 Å². The molecule has 2 nitrogen and oxygen atoms in total. The third kappa shape index (κ3) is 2.60. The van der Waals surface area contributed by atoms with Crippen molar-refractivity contribution in [1.82, 2.24) is 0 Å². The largest absolute Gasteiger partial charge is 0.307 e. The van der Waals surface area contributed by atoms with Gasteiger partial charge < -0.3 is 4.48 Å². The van der Waals surface area contributed by atoms with Gasteiger partial charge in [-0.2, -0.15) is 0 Å². The third-order valence-electron chi connectivity index (χ3n) is 5.57. The van der Waals surface area contributed by atoms with E-state index in [9.17, 15) is 4.79 Å². The van der Waals surface area contributed by atoms with Crippen LogP contribution in [0.5, 0.6) is 0 Å². The van der Waals surface area contributed by atoms with E-state index in [-0.39, 0.29) is 12.0 Å². The average molecular weight is 327 g/mol. The quantitative estimate of drug-likeness (QED) is 0.764. The van der Waals surface area contributed by atoms with Crippen molar-refractivity contribution in [3.63, 3.8) is 0 Å². The second kappa shape index (κ2) is 5.77. The van der Waals surface area contributed by atoms with Crippen molar-refractivity contribution in [2.45, 2.75) is 25.4 Å². The van der Waals surface area contributed by atoms with Gasteiger partial charge in [0.2, 0.25) is 0 Å².